The highest BCUT2D eigenvalue weighted by molar-refractivity contribution is 5.95. The van der Waals surface area contributed by atoms with Crippen LogP contribution in [0.4, 0.5) is 27.8 Å². The van der Waals surface area contributed by atoms with E-state index < -0.39 is 36.0 Å². The number of carbonyl (C=O) groups is 1. The lowest BCUT2D eigenvalue weighted by atomic mass is 9.95. The normalized spacial score (nSPS) is 20.5. The van der Waals surface area contributed by atoms with Crippen molar-refractivity contribution in [2.24, 2.45) is 5.92 Å². The molecule has 0 saturated carbocycles. The number of carbonyl (C=O) groups excluding carboxylic acids is 1. The Hall–Kier alpha value is -1.93. The molecule has 1 aromatic heterocycles. The summed E-state index contributed by atoms with van der Waals surface area (Å²) in [4.78, 5) is 17.4. The first-order valence-electron chi connectivity index (χ1n) is 7.86. The maximum atomic E-state index is 13.7. The fourth-order valence-electron chi connectivity index (χ4n) is 2.76. The lowest BCUT2D eigenvalue weighted by molar-refractivity contribution is -0.138. The number of esters is 1. The number of anilines is 1. The lowest BCUT2D eigenvalue weighted by Crippen LogP contribution is -2.46. The molecule has 1 aliphatic rings. The predicted octanol–water partition coefficient (Wildman–Crippen LogP) is 4.07. The van der Waals surface area contributed by atoms with Crippen molar-refractivity contribution >= 4 is 11.8 Å². The van der Waals surface area contributed by atoms with E-state index in [1.807, 2.05) is 0 Å². The highest BCUT2D eigenvalue weighted by Crippen LogP contribution is 2.38. The fraction of sp³-hybridized carbons (Fsp3) is 0.625. The number of hydrogen-bond acceptors (Lipinski definition) is 4. The van der Waals surface area contributed by atoms with E-state index in [1.54, 1.807) is 0 Å². The Morgan fingerprint density at radius 1 is 1.44 bits per heavy atom. The number of pyridine rings is 1. The van der Waals surface area contributed by atoms with Crippen molar-refractivity contribution in [2.75, 3.05) is 24.6 Å². The van der Waals surface area contributed by atoms with Crippen molar-refractivity contribution in [3.05, 3.63) is 22.9 Å². The molecule has 2 rings (SSSR count). The van der Waals surface area contributed by atoms with Crippen molar-refractivity contribution in [1.82, 2.24) is 4.98 Å². The Labute approximate surface area is 142 Å². The number of rotatable bonds is 3. The van der Waals surface area contributed by atoms with Crippen LogP contribution in [0.3, 0.4) is 0 Å². The molecule has 0 aliphatic carbocycles. The summed E-state index contributed by atoms with van der Waals surface area (Å²) >= 11 is 0. The zero-order valence-electron chi connectivity index (χ0n) is 14.1. The summed E-state index contributed by atoms with van der Waals surface area (Å²) in [5.41, 5.74) is -1.73. The molecule has 1 aliphatic heterocycles. The number of aromatic nitrogens is 1. The van der Waals surface area contributed by atoms with Gasteiger partial charge >= 0.3 is 12.1 Å². The third-order valence-corrected chi connectivity index (χ3v) is 4.22. The summed E-state index contributed by atoms with van der Waals surface area (Å²) < 4.78 is 71.5. The van der Waals surface area contributed by atoms with Gasteiger partial charge in [-0.1, -0.05) is 6.92 Å². The number of aryl methyl sites for hydroxylation is 1. The van der Waals surface area contributed by atoms with Crippen LogP contribution in [0.25, 0.3) is 0 Å². The zero-order valence-corrected chi connectivity index (χ0v) is 14.1. The summed E-state index contributed by atoms with van der Waals surface area (Å²) in [5.74, 6) is -4.88. The van der Waals surface area contributed by atoms with Gasteiger partial charge in [0.2, 0.25) is 0 Å². The lowest BCUT2D eigenvalue weighted by Gasteiger charge is -2.38. The summed E-state index contributed by atoms with van der Waals surface area (Å²) in [5, 5.41) is 0. The standard InChI is InChI=1S/C16H19F5N2O2/c1-4-25-14(24)11-7-12(16(19,20)21)10(3)22-13(11)23-6-5-15(17,18)9(2)8-23/h7,9H,4-6,8H2,1-3H3. The largest absolute Gasteiger partial charge is 0.462 e. The molecule has 1 unspecified atom stereocenters. The molecule has 2 heterocycles. The molecule has 25 heavy (non-hydrogen) atoms. The van der Waals surface area contributed by atoms with Gasteiger partial charge in [0.05, 0.1) is 17.9 Å². The van der Waals surface area contributed by atoms with Gasteiger partial charge in [-0.2, -0.15) is 13.2 Å². The fourth-order valence-corrected chi connectivity index (χ4v) is 2.76. The van der Waals surface area contributed by atoms with E-state index >= 15 is 0 Å². The smallest absolute Gasteiger partial charge is 0.418 e. The molecule has 0 amide bonds. The minimum Gasteiger partial charge on any atom is -0.462 e. The highest BCUT2D eigenvalue weighted by atomic mass is 19.4. The van der Waals surface area contributed by atoms with Crippen molar-refractivity contribution in [1.29, 1.82) is 0 Å². The zero-order chi connectivity index (χ0) is 19.0. The molecule has 4 nitrogen and oxygen atoms in total. The van der Waals surface area contributed by atoms with Crippen LogP contribution >= 0.6 is 0 Å². The van der Waals surface area contributed by atoms with E-state index in [2.05, 4.69) is 4.98 Å². The monoisotopic (exact) mass is 366 g/mol. The van der Waals surface area contributed by atoms with Gasteiger partial charge in [0.1, 0.15) is 11.4 Å². The average molecular weight is 366 g/mol. The van der Waals surface area contributed by atoms with E-state index in [0.29, 0.717) is 6.07 Å². The number of alkyl halides is 5. The van der Waals surface area contributed by atoms with Crippen LogP contribution in [-0.2, 0) is 10.9 Å². The molecule has 1 saturated heterocycles. The molecular formula is C16H19F5N2O2. The van der Waals surface area contributed by atoms with Gasteiger partial charge in [0.25, 0.3) is 5.92 Å². The Morgan fingerprint density at radius 2 is 2.08 bits per heavy atom. The minimum atomic E-state index is -4.68. The number of piperidine rings is 1. The molecule has 1 fully saturated rings. The van der Waals surface area contributed by atoms with Crippen molar-refractivity contribution in [2.45, 2.75) is 39.3 Å². The van der Waals surface area contributed by atoms with Gasteiger partial charge in [-0.25, -0.2) is 18.6 Å². The number of ether oxygens (including phenoxy) is 1. The first-order valence-corrected chi connectivity index (χ1v) is 7.86. The van der Waals surface area contributed by atoms with E-state index in [9.17, 15) is 26.7 Å². The second-order valence-corrected chi connectivity index (χ2v) is 6.07. The Morgan fingerprint density at radius 3 is 2.60 bits per heavy atom. The molecule has 140 valence electrons. The maximum absolute atomic E-state index is 13.7. The van der Waals surface area contributed by atoms with Gasteiger partial charge in [-0.05, 0) is 19.9 Å². The first-order chi connectivity index (χ1) is 11.5. The van der Waals surface area contributed by atoms with Crippen LogP contribution < -0.4 is 4.90 Å². The third kappa shape index (κ3) is 4.01. The minimum absolute atomic E-state index is 0.0258. The van der Waals surface area contributed by atoms with E-state index in [-0.39, 0.29) is 36.8 Å². The maximum Gasteiger partial charge on any atom is 0.418 e. The molecule has 1 atom stereocenters. The topological polar surface area (TPSA) is 42.4 Å². The van der Waals surface area contributed by atoms with Crippen LogP contribution in [0.5, 0.6) is 0 Å². The van der Waals surface area contributed by atoms with Crippen LogP contribution in [-0.4, -0.2) is 36.6 Å². The van der Waals surface area contributed by atoms with E-state index in [0.717, 1.165) is 0 Å². The molecule has 0 radical (unpaired) electrons. The van der Waals surface area contributed by atoms with Crippen LogP contribution in [0.2, 0.25) is 0 Å². The third-order valence-electron chi connectivity index (χ3n) is 4.22. The van der Waals surface area contributed by atoms with Crippen LogP contribution in [0, 0.1) is 12.8 Å². The summed E-state index contributed by atoms with van der Waals surface area (Å²) in [7, 11) is 0. The molecular weight excluding hydrogens is 347 g/mol. The van der Waals surface area contributed by atoms with Crippen LogP contribution in [0.1, 0.15) is 41.9 Å². The quantitative estimate of drug-likeness (QED) is 0.598. The molecule has 0 spiro atoms. The highest BCUT2D eigenvalue weighted by Gasteiger charge is 2.43. The molecule has 0 aromatic carbocycles. The summed E-state index contributed by atoms with van der Waals surface area (Å²) in [6.45, 7) is 3.80. The van der Waals surface area contributed by atoms with Gasteiger partial charge in [-0.3, -0.25) is 0 Å². The van der Waals surface area contributed by atoms with Gasteiger partial charge in [0, 0.05) is 25.4 Å². The second kappa shape index (κ2) is 6.76. The second-order valence-electron chi connectivity index (χ2n) is 6.07. The van der Waals surface area contributed by atoms with Gasteiger partial charge in [0.15, 0.2) is 0 Å². The first kappa shape index (κ1) is 19.4. The molecule has 9 heteroatoms. The molecule has 1 aromatic rings. The Balaban J connectivity index is 2.49. The van der Waals surface area contributed by atoms with Gasteiger partial charge < -0.3 is 9.64 Å². The van der Waals surface area contributed by atoms with E-state index in [1.165, 1.54) is 25.7 Å². The number of nitrogens with zero attached hydrogens (tertiary/aromatic N) is 2. The number of hydrogen-bond donors (Lipinski definition) is 0. The predicted molar refractivity (Wildman–Crippen MR) is 80.9 cm³/mol. The Kier molecular flexibility index (Phi) is 5.24. The number of halogens is 5. The van der Waals surface area contributed by atoms with Crippen LogP contribution in [0.15, 0.2) is 6.07 Å². The summed E-state index contributed by atoms with van der Waals surface area (Å²) in [6, 6.07) is 0.688. The summed E-state index contributed by atoms with van der Waals surface area (Å²) in [6.07, 6.45) is -5.14. The van der Waals surface area contributed by atoms with Gasteiger partial charge in [-0.15, -0.1) is 0 Å². The van der Waals surface area contributed by atoms with Crippen molar-refractivity contribution in [3.8, 4) is 0 Å². The van der Waals surface area contributed by atoms with E-state index in [4.69, 9.17) is 4.74 Å². The molecule has 0 N–H and O–H groups in total. The SMILES string of the molecule is CCOC(=O)c1cc(C(F)(F)F)c(C)nc1N1CCC(F)(F)C(C)C1. The molecule has 0 bridgehead atoms. The van der Waals surface area contributed by atoms with Crippen molar-refractivity contribution < 1.29 is 31.5 Å². The average Bonchev–Trinajstić information content (AvgIpc) is 2.48. The van der Waals surface area contributed by atoms with Crippen molar-refractivity contribution in [3.63, 3.8) is 0 Å². The Bertz CT molecular complexity index is 661.